The maximum atomic E-state index is 13.1. The largest absolute Gasteiger partial charge is 0.337 e. The van der Waals surface area contributed by atoms with Crippen molar-refractivity contribution in [3.05, 3.63) is 23.5 Å². The van der Waals surface area contributed by atoms with Gasteiger partial charge in [-0.05, 0) is 37.3 Å². The third-order valence-corrected chi connectivity index (χ3v) is 5.00. The molecule has 2 aliphatic rings. The van der Waals surface area contributed by atoms with Crippen LogP contribution in [0.3, 0.4) is 0 Å². The summed E-state index contributed by atoms with van der Waals surface area (Å²) < 4.78 is 27.0. The van der Waals surface area contributed by atoms with E-state index in [1.54, 1.807) is 0 Å². The zero-order chi connectivity index (χ0) is 17.5. The molecule has 3 amide bonds. The molecule has 2 aliphatic heterocycles. The molecule has 1 N–H and O–H groups in total. The number of hydrogen-bond acceptors (Lipinski definition) is 3. The first-order valence-electron chi connectivity index (χ1n) is 7.89. The Morgan fingerprint density at radius 1 is 1.17 bits per heavy atom. The first kappa shape index (κ1) is 16.6. The molecule has 24 heavy (non-hydrogen) atoms. The van der Waals surface area contributed by atoms with Gasteiger partial charge in [0, 0.05) is 31.6 Å². The Labute approximate surface area is 137 Å². The summed E-state index contributed by atoms with van der Waals surface area (Å²) in [6, 6.07) is 2.90. The van der Waals surface area contributed by atoms with Crippen LogP contribution in [-0.2, 0) is 9.59 Å². The summed E-state index contributed by atoms with van der Waals surface area (Å²) in [5, 5.41) is 2.29. The van der Waals surface area contributed by atoms with Crippen molar-refractivity contribution in [2.75, 3.05) is 13.1 Å². The molecule has 0 unspecified atom stereocenters. The number of nitrogens with zero attached hydrogens (tertiary/aromatic N) is 2. The van der Waals surface area contributed by atoms with Crippen molar-refractivity contribution in [2.45, 2.75) is 39.2 Å². The highest BCUT2D eigenvalue weighted by atomic mass is 19.3. The summed E-state index contributed by atoms with van der Waals surface area (Å²) in [5.74, 6) is -1.01. The van der Waals surface area contributed by atoms with Crippen LogP contribution in [0.25, 0.3) is 0 Å². The second-order valence-electron chi connectivity index (χ2n) is 6.62. The first-order valence-corrected chi connectivity index (χ1v) is 7.89. The van der Waals surface area contributed by atoms with E-state index >= 15 is 0 Å². The third-order valence-electron chi connectivity index (χ3n) is 5.00. The van der Waals surface area contributed by atoms with Crippen LogP contribution in [-0.4, -0.2) is 40.3 Å². The number of imide groups is 1. The molecule has 2 saturated heterocycles. The van der Waals surface area contributed by atoms with E-state index in [4.69, 9.17) is 0 Å². The van der Waals surface area contributed by atoms with Gasteiger partial charge in [0.2, 0.25) is 11.8 Å². The second kappa shape index (κ2) is 5.99. The van der Waals surface area contributed by atoms with Gasteiger partial charge in [-0.25, -0.2) is 0 Å². The van der Waals surface area contributed by atoms with Gasteiger partial charge in [0.05, 0.1) is 0 Å². The van der Waals surface area contributed by atoms with Crippen LogP contribution in [0.5, 0.6) is 0 Å². The van der Waals surface area contributed by atoms with E-state index < -0.39 is 17.9 Å². The predicted octanol–water partition coefficient (Wildman–Crippen LogP) is 1.85. The number of aromatic nitrogens is 1. The molecule has 1 aromatic rings. The summed E-state index contributed by atoms with van der Waals surface area (Å²) in [5.41, 5.74) is -0.108. The highest BCUT2D eigenvalue weighted by Gasteiger charge is 2.43. The average molecular weight is 339 g/mol. The molecule has 0 saturated carbocycles. The van der Waals surface area contributed by atoms with Gasteiger partial charge in [0.15, 0.2) is 0 Å². The molecular weight excluding hydrogens is 320 g/mol. The van der Waals surface area contributed by atoms with Crippen molar-refractivity contribution in [1.29, 1.82) is 0 Å². The van der Waals surface area contributed by atoms with Crippen LogP contribution in [0, 0.1) is 12.3 Å². The van der Waals surface area contributed by atoms with Crippen molar-refractivity contribution in [3.8, 4) is 0 Å². The van der Waals surface area contributed by atoms with Crippen LogP contribution in [0.4, 0.5) is 8.78 Å². The van der Waals surface area contributed by atoms with E-state index in [1.165, 1.54) is 24.0 Å². The van der Waals surface area contributed by atoms with Gasteiger partial charge in [0.1, 0.15) is 5.69 Å². The zero-order valence-electron chi connectivity index (χ0n) is 13.3. The van der Waals surface area contributed by atoms with Crippen molar-refractivity contribution < 1.29 is 23.2 Å². The lowest BCUT2D eigenvalue weighted by Crippen LogP contribution is -2.51. The Bertz CT molecular complexity index is 673. The predicted molar refractivity (Wildman–Crippen MR) is 80.4 cm³/mol. The van der Waals surface area contributed by atoms with Gasteiger partial charge >= 0.3 is 6.55 Å². The molecule has 1 spiro atoms. The smallest absolute Gasteiger partial charge is 0.319 e. The minimum Gasteiger partial charge on any atom is -0.337 e. The molecule has 0 aliphatic carbocycles. The molecule has 6 nitrogen and oxygen atoms in total. The first-order chi connectivity index (χ1) is 11.3. The van der Waals surface area contributed by atoms with Crippen LogP contribution < -0.4 is 5.32 Å². The van der Waals surface area contributed by atoms with Crippen LogP contribution >= 0.6 is 0 Å². The van der Waals surface area contributed by atoms with Crippen LogP contribution in [0.2, 0.25) is 0 Å². The summed E-state index contributed by atoms with van der Waals surface area (Å²) in [6.45, 7) is -0.533. The Hall–Kier alpha value is -2.25. The quantitative estimate of drug-likeness (QED) is 0.836. The molecule has 2 fully saturated rings. The molecule has 0 aromatic carbocycles. The molecule has 0 bridgehead atoms. The summed E-state index contributed by atoms with van der Waals surface area (Å²) in [7, 11) is 0. The number of piperidine rings is 2. The monoisotopic (exact) mass is 339 g/mol. The maximum Gasteiger partial charge on any atom is 0.319 e. The molecule has 8 heteroatoms. The molecule has 0 radical (unpaired) electrons. The number of halogens is 2. The molecule has 0 atom stereocenters. The van der Waals surface area contributed by atoms with E-state index in [2.05, 4.69) is 5.32 Å². The highest BCUT2D eigenvalue weighted by molar-refractivity contribution is 5.98. The van der Waals surface area contributed by atoms with Gasteiger partial charge in [-0.15, -0.1) is 0 Å². The van der Waals surface area contributed by atoms with Crippen LogP contribution in [0.1, 0.15) is 48.4 Å². The highest BCUT2D eigenvalue weighted by Crippen LogP contribution is 2.40. The van der Waals surface area contributed by atoms with E-state index in [0.717, 1.165) is 4.57 Å². The topological polar surface area (TPSA) is 71.4 Å². The van der Waals surface area contributed by atoms with E-state index in [-0.39, 0.29) is 30.3 Å². The fourth-order valence-electron chi connectivity index (χ4n) is 3.67. The van der Waals surface area contributed by atoms with E-state index in [9.17, 15) is 23.2 Å². The van der Waals surface area contributed by atoms with Gasteiger partial charge in [-0.1, -0.05) is 0 Å². The zero-order valence-corrected chi connectivity index (χ0v) is 13.3. The summed E-state index contributed by atoms with van der Waals surface area (Å²) in [4.78, 5) is 37.3. The lowest BCUT2D eigenvalue weighted by Gasteiger charge is -2.43. The minimum absolute atomic E-state index is 0.0316. The van der Waals surface area contributed by atoms with Crippen molar-refractivity contribution >= 4 is 17.7 Å². The number of nitrogens with one attached hydrogen (secondary N) is 1. The summed E-state index contributed by atoms with van der Waals surface area (Å²) in [6.07, 6.45) is 1.58. The molecule has 130 valence electrons. The molecule has 3 rings (SSSR count). The summed E-state index contributed by atoms with van der Waals surface area (Å²) >= 11 is 0. The van der Waals surface area contributed by atoms with Gasteiger partial charge in [0.25, 0.3) is 5.91 Å². The number of carbonyl (C=O) groups is 3. The lowest BCUT2D eigenvalue weighted by molar-refractivity contribution is -0.139. The Morgan fingerprint density at radius 3 is 2.29 bits per heavy atom. The van der Waals surface area contributed by atoms with Gasteiger partial charge in [-0.2, -0.15) is 8.78 Å². The van der Waals surface area contributed by atoms with Crippen LogP contribution in [0.15, 0.2) is 12.1 Å². The normalized spacial score (nSPS) is 20.6. The Kier molecular flexibility index (Phi) is 4.15. The number of carbonyl (C=O) groups excluding carboxylic acids is 3. The van der Waals surface area contributed by atoms with Gasteiger partial charge < -0.3 is 4.90 Å². The van der Waals surface area contributed by atoms with Crippen molar-refractivity contribution in [2.24, 2.45) is 5.41 Å². The Balaban J connectivity index is 1.72. The molecular formula is C16H19F2N3O3. The number of amides is 3. The average Bonchev–Trinajstić information content (AvgIpc) is 2.88. The number of alkyl halides is 2. The lowest BCUT2D eigenvalue weighted by atomic mass is 9.71. The van der Waals surface area contributed by atoms with Gasteiger partial charge in [-0.3, -0.25) is 24.3 Å². The number of aryl methyl sites for hydroxylation is 1. The molecule has 1 aromatic heterocycles. The van der Waals surface area contributed by atoms with E-state index in [1.807, 2.05) is 0 Å². The number of likely N-dealkylation sites (tertiary alicyclic amines) is 1. The molecule has 3 heterocycles. The van der Waals surface area contributed by atoms with Crippen molar-refractivity contribution in [3.63, 3.8) is 0 Å². The fraction of sp³-hybridized carbons (Fsp3) is 0.562. The fourth-order valence-corrected chi connectivity index (χ4v) is 3.67. The van der Waals surface area contributed by atoms with Crippen molar-refractivity contribution in [1.82, 2.24) is 14.8 Å². The SMILES string of the molecule is Cc1ccc(C(=O)N2CCC3(CC2)CC(=O)NC(=O)C3)n1C(F)F. The number of hydrogen-bond donors (Lipinski definition) is 1. The third kappa shape index (κ3) is 2.92. The number of rotatable bonds is 2. The standard InChI is InChI=1S/C16H19F2N3O3/c1-10-2-3-11(21(10)15(17)18)14(24)20-6-4-16(5-7-20)8-12(22)19-13(23)9-16/h2-3,15H,4-9H2,1H3,(H,19,22,23). The second-order valence-corrected chi connectivity index (χ2v) is 6.62. The minimum atomic E-state index is -2.77. The van der Waals surface area contributed by atoms with E-state index in [0.29, 0.717) is 31.6 Å². The Morgan fingerprint density at radius 2 is 1.75 bits per heavy atom. The maximum absolute atomic E-state index is 13.1.